The number of hydrogen-bond donors (Lipinski definition) is 0. The fourth-order valence-electron chi connectivity index (χ4n) is 1.49. The molecule has 0 aromatic carbocycles. The molecular weight excluding hydrogens is 224 g/mol. The molecule has 0 aliphatic heterocycles. The van der Waals surface area contributed by atoms with Gasteiger partial charge in [0.05, 0.1) is 0 Å². The van der Waals surface area contributed by atoms with Crippen molar-refractivity contribution in [3.8, 4) is 0 Å². The molecule has 0 unspecified atom stereocenters. The summed E-state index contributed by atoms with van der Waals surface area (Å²) in [6.45, 7) is 13.8. The van der Waals surface area contributed by atoms with Gasteiger partial charge in [0.1, 0.15) is 6.10 Å². The lowest BCUT2D eigenvalue weighted by Crippen LogP contribution is -2.24. The van der Waals surface area contributed by atoms with E-state index in [9.17, 15) is 4.79 Å². The number of rotatable bonds is 7. The molecule has 0 heterocycles. The van der Waals surface area contributed by atoms with E-state index in [-0.39, 0.29) is 12.1 Å². The zero-order chi connectivity index (χ0) is 14.1. The first-order valence-electron chi connectivity index (χ1n) is 6.58. The zero-order valence-corrected chi connectivity index (χ0v) is 12.3. The van der Waals surface area contributed by atoms with E-state index in [1.807, 2.05) is 20.8 Å². The van der Waals surface area contributed by atoms with Gasteiger partial charge in [-0.3, -0.25) is 0 Å². The molecule has 2 heteroatoms. The summed E-state index contributed by atoms with van der Waals surface area (Å²) in [5.74, 6) is 0.0876. The molecule has 0 rings (SSSR count). The maximum absolute atomic E-state index is 12.0. The highest BCUT2D eigenvalue weighted by Gasteiger charge is 2.18. The SMILES string of the molecule is C=C/C=C(\CC)C(=O)O[C@@H](CC=C(C)C)C(C)C. The third-order valence-corrected chi connectivity index (χ3v) is 2.72. The van der Waals surface area contributed by atoms with Crippen molar-refractivity contribution in [2.45, 2.75) is 53.6 Å². The molecule has 0 saturated carbocycles. The smallest absolute Gasteiger partial charge is 0.334 e. The predicted octanol–water partition coefficient (Wildman–Crippen LogP) is 4.43. The van der Waals surface area contributed by atoms with Crippen molar-refractivity contribution in [2.24, 2.45) is 5.92 Å². The molecule has 0 spiro atoms. The van der Waals surface area contributed by atoms with E-state index in [1.54, 1.807) is 12.2 Å². The van der Waals surface area contributed by atoms with Gasteiger partial charge >= 0.3 is 5.97 Å². The molecule has 0 aliphatic carbocycles. The summed E-state index contributed by atoms with van der Waals surface area (Å²) in [5, 5.41) is 0. The maximum Gasteiger partial charge on any atom is 0.334 e. The van der Waals surface area contributed by atoms with Gasteiger partial charge in [-0.2, -0.15) is 0 Å². The Bertz CT molecular complexity index is 331. The van der Waals surface area contributed by atoms with Crippen molar-refractivity contribution in [1.29, 1.82) is 0 Å². The van der Waals surface area contributed by atoms with Crippen molar-refractivity contribution < 1.29 is 9.53 Å². The number of carbonyl (C=O) groups is 1. The Morgan fingerprint density at radius 2 is 1.94 bits per heavy atom. The van der Waals surface area contributed by atoms with Crippen LogP contribution in [0.15, 0.2) is 36.0 Å². The first-order chi connectivity index (χ1) is 8.42. The van der Waals surface area contributed by atoms with E-state index < -0.39 is 0 Å². The highest BCUT2D eigenvalue weighted by molar-refractivity contribution is 5.88. The average Bonchev–Trinajstić information content (AvgIpc) is 2.30. The largest absolute Gasteiger partial charge is 0.458 e. The Hall–Kier alpha value is -1.31. The van der Waals surface area contributed by atoms with E-state index >= 15 is 0 Å². The Morgan fingerprint density at radius 1 is 1.33 bits per heavy atom. The second-order valence-corrected chi connectivity index (χ2v) is 4.99. The summed E-state index contributed by atoms with van der Waals surface area (Å²) >= 11 is 0. The van der Waals surface area contributed by atoms with Gasteiger partial charge in [-0.1, -0.05) is 51.2 Å². The van der Waals surface area contributed by atoms with E-state index in [2.05, 4.69) is 26.5 Å². The summed E-state index contributed by atoms with van der Waals surface area (Å²) in [6, 6.07) is 0. The number of carbonyl (C=O) groups excluding carboxylic acids is 1. The third kappa shape index (κ3) is 6.43. The molecular formula is C16H26O2. The van der Waals surface area contributed by atoms with Gasteiger partial charge in [0, 0.05) is 12.0 Å². The molecule has 2 nitrogen and oxygen atoms in total. The molecule has 0 radical (unpaired) electrons. The molecule has 0 amide bonds. The highest BCUT2D eigenvalue weighted by Crippen LogP contribution is 2.16. The Balaban J connectivity index is 4.68. The van der Waals surface area contributed by atoms with Crippen molar-refractivity contribution in [2.75, 3.05) is 0 Å². The predicted molar refractivity (Wildman–Crippen MR) is 77.3 cm³/mol. The number of ether oxygens (including phenoxy) is 1. The van der Waals surface area contributed by atoms with Crippen LogP contribution in [0.1, 0.15) is 47.5 Å². The first kappa shape index (κ1) is 16.7. The van der Waals surface area contributed by atoms with Crippen LogP contribution in [-0.4, -0.2) is 12.1 Å². The lowest BCUT2D eigenvalue weighted by molar-refractivity contribution is -0.146. The summed E-state index contributed by atoms with van der Waals surface area (Å²) in [7, 11) is 0. The third-order valence-electron chi connectivity index (χ3n) is 2.72. The lowest BCUT2D eigenvalue weighted by atomic mass is 10.0. The first-order valence-corrected chi connectivity index (χ1v) is 6.58. The highest BCUT2D eigenvalue weighted by atomic mass is 16.5. The van der Waals surface area contributed by atoms with Gasteiger partial charge < -0.3 is 4.74 Å². The van der Waals surface area contributed by atoms with E-state index in [4.69, 9.17) is 4.74 Å². The monoisotopic (exact) mass is 250 g/mol. The Kier molecular flexibility index (Phi) is 8.10. The Labute approximate surface area is 111 Å². The molecule has 0 aromatic rings. The molecule has 0 saturated heterocycles. The normalized spacial score (nSPS) is 13.1. The average molecular weight is 250 g/mol. The second-order valence-electron chi connectivity index (χ2n) is 4.99. The van der Waals surface area contributed by atoms with Crippen LogP contribution in [0.25, 0.3) is 0 Å². The molecule has 0 N–H and O–H groups in total. The van der Waals surface area contributed by atoms with Crippen LogP contribution < -0.4 is 0 Å². The van der Waals surface area contributed by atoms with Crippen molar-refractivity contribution in [3.05, 3.63) is 36.0 Å². The summed E-state index contributed by atoms with van der Waals surface area (Å²) < 4.78 is 5.57. The molecule has 0 bridgehead atoms. The second kappa shape index (κ2) is 8.73. The molecule has 1 atom stereocenters. The van der Waals surface area contributed by atoms with Crippen LogP contribution in [0.3, 0.4) is 0 Å². The molecule has 0 fully saturated rings. The molecule has 0 aliphatic rings. The molecule has 18 heavy (non-hydrogen) atoms. The van der Waals surface area contributed by atoms with Gasteiger partial charge in [-0.25, -0.2) is 4.79 Å². The minimum Gasteiger partial charge on any atom is -0.458 e. The van der Waals surface area contributed by atoms with Gasteiger partial charge in [-0.05, 0) is 26.2 Å². The number of allylic oxidation sites excluding steroid dienone is 3. The molecule has 102 valence electrons. The number of esters is 1. The van der Waals surface area contributed by atoms with Gasteiger partial charge in [0.15, 0.2) is 0 Å². The van der Waals surface area contributed by atoms with Gasteiger partial charge in [0.2, 0.25) is 0 Å². The van der Waals surface area contributed by atoms with E-state index in [0.717, 1.165) is 6.42 Å². The van der Waals surface area contributed by atoms with Crippen LogP contribution in [0.2, 0.25) is 0 Å². The van der Waals surface area contributed by atoms with Crippen LogP contribution >= 0.6 is 0 Å². The quantitative estimate of drug-likeness (QED) is 0.289. The standard InChI is InChI=1S/C16H26O2/c1-7-9-14(8-2)16(17)18-15(13(5)6)11-10-12(3)4/h7,9-10,13,15H,1,8,11H2,2-6H3/b14-9+/t15-/m0/s1. The molecule has 0 aromatic heterocycles. The van der Waals surface area contributed by atoms with Crippen LogP contribution in [0.4, 0.5) is 0 Å². The van der Waals surface area contributed by atoms with Crippen molar-refractivity contribution in [3.63, 3.8) is 0 Å². The van der Waals surface area contributed by atoms with E-state index in [1.165, 1.54) is 5.57 Å². The topological polar surface area (TPSA) is 26.3 Å². The lowest BCUT2D eigenvalue weighted by Gasteiger charge is -2.21. The maximum atomic E-state index is 12.0. The summed E-state index contributed by atoms with van der Waals surface area (Å²) in [4.78, 5) is 12.0. The summed E-state index contributed by atoms with van der Waals surface area (Å²) in [6.07, 6.45) is 6.84. The van der Waals surface area contributed by atoms with Crippen molar-refractivity contribution >= 4 is 5.97 Å². The number of hydrogen-bond acceptors (Lipinski definition) is 2. The fourth-order valence-corrected chi connectivity index (χ4v) is 1.49. The van der Waals surface area contributed by atoms with Gasteiger partial charge in [0.25, 0.3) is 0 Å². The van der Waals surface area contributed by atoms with E-state index in [0.29, 0.717) is 17.9 Å². The van der Waals surface area contributed by atoms with Gasteiger partial charge in [-0.15, -0.1) is 0 Å². The fraction of sp³-hybridized carbons (Fsp3) is 0.562. The van der Waals surface area contributed by atoms with Crippen LogP contribution in [0.5, 0.6) is 0 Å². The summed E-state index contributed by atoms with van der Waals surface area (Å²) in [5.41, 5.74) is 1.92. The minimum atomic E-state index is -0.224. The Morgan fingerprint density at radius 3 is 2.33 bits per heavy atom. The van der Waals surface area contributed by atoms with Crippen LogP contribution in [0, 0.1) is 5.92 Å². The zero-order valence-electron chi connectivity index (χ0n) is 12.3. The van der Waals surface area contributed by atoms with Crippen LogP contribution in [-0.2, 0) is 9.53 Å². The minimum absolute atomic E-state index is 0.0628. The van der Waals surface area contributed by atoms with Crippen molar-refractivity contribution in [1.82, 2.24) is 0 Å².